The predicted molar refractivity (Wildman–Crippen MR) is 104 cm³/mol. The summed E-state index contributed by atoms with van der Waals surface area (Å²) in [5.74, 6) is 1.53. The molecule has 1 fully saturated rings. The van der Waals surface area contributed by atoms with E-state index in [4.69, 9.17) is 4.74 Å². The number of ether oxygens (including phenoxy) is 1. The number of likely N-dealkylation sites (tertiary alicyclic amines) is 1. The number of hydrogen-bond acceptors (Lipinski definition) is 4. The zero-order valence-electron chi connectivity index (χ0n) is 16.0. The summed E-state index contributed by atoms with van der Waals surface area (Å²) in [5.41, 5.74) is 3.65. The molecule has 0 bridgehead atoms. The van der Waals surface area contributed by atoms with Crippen LogP contribution in [0.3, 0.4) is 0 Å². The lowest BCUT2D eigenvalue weighted by Gasteiger charge is -2.34. The van der Waals surface area contributed by atoms with E-state index in [1.807, 2.05) is 29.3 Å². The summed E-state index contributed by atoms with van der Waals surface area (Å²) >= 11 is 0. The largest absolute Gasteiger partial charge is 0.492 e. The Morgan fingerprint density at radius 1 is 1.33 bits per heavy atom. The van der Waals surface area contributed by atoms with Gasteiger partial charge in [-0.1, -0.05) is 25.1 Å². The lowest BCUT2D eigenvalue weighted by Crippen LogP contribution is -2.45. The van der Waals surface area contributed by atoms with Crippen LogP contribution in [0.5, 0.6) is 5.75 Å². The molecule has 0 saturated carbocycles. The number of rotatable bonds is 4. The molecule has 2 aliphatic rings. The van der Waals surface area contributed by atoms with E-state index in [9.17, 15) is 4.79 Å². The summed E-state index contributed by atoms with van der Waals surface area (Å²) in [6, 6.07) is 8.11. The van der Waals surface area contributed by atoms with Crippen molar-refractivity contribution in [3.63, 3.8) is 0 Å². The van der Waals surface area contributed by atoms with Gasteiger partial charge in [0, 0.05) is 43.4 Å². The van der Waals surface area contributed by atoms with Gasteiger partial charge >= 0.3 is 0 Å². The first kappa shape index (κ1) is 18.0. The third-order valence-electron chi connectivity index (χ3n) is 5.71. The molecule has 0 radical (unpaired) electrons. The fourth-order valence-electron chi connectivity index (χ4n) is 4.20. The van der Waals surface area contributed by atoms with Crippen LogP contribution in [0.4, 0.5) is 0 Å². The van der Waals surface area contributed by atoms with Crippen LogP contribution in [0.2, 0.25) is 0 Å². The number of amides is 1. The molecule has 6 heteroatoms. The standard InChI is InChI=1S/C21H28N4O2/c1-2-16-12-22-23-21(16)18-7-5-9-25(14-18)20(26)15-24-10-11-27-19-8-4-3-6-17(19)13-24/h3-4,6,8,12,18H,2,5,7,9-11,13-15H2,1H3,(H,22,23)/t18-/m0/s1. The molecule has 27 heavy (non-hydrogen) atoms. The highest BCUT2D eigenvalue weighted by Crippen LogP contribution is 2.28. The third-order valence-corrected chi connectivity index (χ3v) is 5.71. The van der Waals surface area contributed by atoms with Gasteiger partial charge in [-0.2, -0.15) is 5.10 Å². The van der Waals surface area contributed by atoms with Crippen molar-refractivity contribution < 1.29 is 9.53 Å². The first-order valence-corrected chi connectivity index (χ1v) is 9.97. The highest BCUT2D eigenvalue weighted by Gasteiger charge is 2.28. The predicted octanol–water partition coefficient (Wildman–Crippen LogP) is 2.57. The van der Waals surface area contributed by atoms with E-state index in [-0.39, 0.29) is 5.91 Å². The maximum Gasteiger partial charge on any atom is 0.236 e. The minimum absolute atomic E-state index is 0.219. The third kappa shape index (κ3) is 4.00. The van der Waals surface area contributed by atoms with Crippen molar-refractivity contribution in [2.24, 2.45) is 0 Å². The van der Waals surface area contributed by atoms with Crippen LogP contribution in [0.25, 0.3) is 0 Å². The van der Waals surface area contributed by atoms with E-state index in [2.05, 4.69) is 28.1 Å². The van der Waals surface area contributed by atoms with Gasteiger partial charge in [0.2, 0.25) is 5.91 Å². The van der Waals surface area contributed by atoms with Crippen molar-refractivity contribution >= 4 is 5.91 Å². The van der Waals surface area contributed by atoms with E-state index >= 15 is 0 Å². The van der Waals surface area contributed by atoms with Crippen LogP contribution in [-0.4, -0.2) is 58.7 Å². The summed E-state index contributed by atoms with van der Waals surface area (Å²) < 4.78 is 5.82. The molecule has 1 amide bonds. The van der Waals surface area contributed by atoms with Gasteiger partial charge in [0.15, 0.2) is 0 Å². The van der Waals surface area contributed by atoms with Crippen molar-refractivity contribution in [2.75, 3.05) is 32.8 Å². The van der Waals surface area contributed by atoms with E-state index in [0.29, 0.717) is 19.1 Å². The molecule has 1 aromatic heterocycles. The number of H-pyrrole nitrogens is 1. The summed E-state index contributed by atoms with van der Waals surface area (Å²) in [5, 5.41) is 7.38. The summed E-state index contributed by atoms with van der Waals surface area (Å²) in [6.07, 6.45) is 5.06. The molecule has 6 nitrogen and oxygen atoms in total. The minimum atomic E-state index is 0.219. The number of carbonyl (C=O) groups excluding carboxylic acids is 1. The number of carbonyl (C=O) groups is 1. The monoisotopic (exact) mass is 368 g/mol. The highest BCUT2D eigenvalue weighted by molar-refractivity contribution is 5.78. The van der Waals surface area contributed by atoms with Crippen molar-refractivity contribution in [1.82, 2.24) is 20.0 Å². The molecule has 0 unspecified atom stereocenters. The van der Waals surface area contributed by atoms with Crippen LogP contribution < -0.4 is 4.74 Å². The molecule has 0 aliphatic carbocycles. The average molecular weight is 368 g/mol. The fourth-order valence-corrected chi connectivity index (χ4v) is 4.20. The zero-order valence-corrected chi connectivity index (χ0v) is 16.0. The smallest absolute Gasteiger partial charge is 0.236 e. The van der Waals surface area contributed by atoms with Crippen LogP contribution in [0.15, 0.2) is 30.5 Å². The van der Waals surface area contributed by atoms with Gasteiger partial charge in [-0.15, -0.1) is 0 Å². The number of nitrogens with zero attached hydrogens (tertiary/aromatic N) is 3. The molecule has 2 aliphatic heterocycles. The number of piperidine rings is 1. The van der Waals surface area contributed by atoms with Gasteiger partial charge in [0.05, 0.1) is 12.7 Å². The second kappa shape index (κ2) is 8.13. The highest BCUT2D eigenvalue weighted by atomic mass is 16.5. The number of hydrogen-bond donors (Lipinski definition) is 1. The van der Waals surface area contributed by atoms with E-state index in [1.165, 1.54) is 11.3 Å². The lowest BCUT2D eigenvalue weighted by atomic mass is 9.92. The number of benzene rings is 1. The van der Waals surface area contributed by atoms with Crippen molar-refractivity contribution in [2.45, 2.75) is 38.6 Å². The fraction of sp³-hybridized carbons (Fsp3) is 0.524. The van der Waals surface area contributed by atoms with Gasteiger partial charge in [0.1, 0.15) is 12.4 Å². The zero-order chi connectivity index (χ0) is 18.6. The molecule has 144 valence electrons. The molecule has 0 spiro atoms. The van der Waals surface area contributed by atoms with E-state index < -0.39 is 0 Å². The maximum atomic E-state index is 13.0. The number of aromatic nitrogens is 2. The van der Waals surface area contributed by atoms with Gasteiger partial charge < -0.3 is 9.64 Å². The molecule has 4 rings (SSSR count). The Hall–Kier alpha value is -2.34. The Morgan fingerprint density at radius 3 is 3.11 bits per heavy atom. The molecule has 1 atom stereocenters. The second-order valence-electron chi connectivity index (χ2n) is 7.51. The number of fused-ring (bicyclic) bond motifs is 1. The number of aryl methyl sites for hydroxylation is 1. The Balaban J connectivity index is 1.39. The topological polar surface area (TPSA) is 61.5 Å². The van der Waals surface area contributed by atoms with Crippen LogP contribution in [0, 0.1) is 0 Å². The van der Waals surface area contributed by atoms with E-state index in [1.54, 1.807) is 0 Å². The molecule has 1 saturated heterocycles. The van der Waals surface area contributed by atoms with Crippen LogP contribution in [0.1, 0.15) is 42.5 Å². The van der Waals surface area contributed by atoms with Crippen LogP contribution in [-0.2, 0) is 17.8 Å². The van der Waals surface area contributed by atoms with Gasteiger partial charge in [0.25, 0.3) is 0 Å². The summed E-state index contributed by atoms with van der Waals surface area (Å²) in [7, 11) is 0. The summed E-state index contributed by atoms with van der Waals surface area (Å²) in [6.45, 7) is 6.41. The molecular formula is C21H28N4O2. The quantitative estimate of drug-likeness (QED) is 0.901. The van der Waals surface area contributed by atoms with Gasteiger partial charge in [-0.05, 0) is 30.9 Å². The van der Waals surface area contributed by atoms with Crippen molar-refractivity contribution in [3.8, 4) is 5.75 Å². The first-order chi connectivity index (χ1) is 13.2. The Kier molecular flexibility index (Phi) is 5.43. The molecule has 1 aromatic carbocycles. The minimum Gasteiger partial charge on any atom is -0.492 e. The molecule has 3 heterocycles. The number of para-hydroxylation sites is 1. The average Bonchev–Trinajstić information content (AvgIpc) is 3.09. The SMILES string of the molecule is CCc1cn[nH]c1[C@H]1CCCN(C(=O)CN2CCOc3ccccc3C2)C1. The number of nitrogens with one attached hydrogen (secondary N) is 1. The van der Waals surface area contributed by atoms with Crippen molar-refractivity contribution in [1.29, 1.82) is 0 Å². The van der Waals surface area contributed by atoms with Crippen LogP contribution >= 0.6 is 0 Å². The summed E-state index contributed by atoms with van der Waals surface area (Å²) in [4.78, 5) is 17.2. The van der Waals surface area contributed by atoms with Gasteiger partial charge in [-0.3, -0.25) is 14.8 Å². The number of aromatic amines is 1. The normalized spacial score (nSPS) is 20.6. The molecule has 1 N–H and O–H groups in total. The second-order valence-corrected chi connectivity index (χ2v) is 7.51. The Labute approximate surface area is 160 Å². The van der Waals surface area contributed by atoms with E-state index in [0.717, 1.165) is 56.8 Å². The maximum absolute atomic E-state index is 13.0. The Bertz CT molecular complexity index is 788. The molecular weight excluding hydrogens is 340 g/mol. The lowest BCUT2D eigenvalue weighted by molar-refractivity contribution is -0.133. The van der Waals surface area contributed by atoms with Gasteiger partial charge in [-0.25, -0.2) is 0 Å². The first-order valence-electron chi connectivity index (χ1n) is 9.97. The molecule has 2 aromatic rings. The Morgan fingerprint density at radius 2 is 2.22 bits per heavy atom. The van der Waals surface area contributed by atoms with Crippen molar-refractivity contribution in [3.05, 3.63) is 47.3 Å².